The highest BCUT2D eigenvalue weighted by atomic mass is 32.2. The molecule has 0 aliphatic rings. The van der Waals surface area contributed by atoms with Crippen molar-refractivity contribution in [3.05, 3.63) is 106 Å². The fourth-order valence-corrected chi connectivity index (χ4v) is 4.97. The van der Waals surface area contributed by atoms with E-state index in [1.807, 2.05) is 37.3 Å². The van der Waals surface area contributed by atoms with Crippen LogP contribution in [0.3, 0.4) is 0 Å². The summed E-state index contributed by atoms with van der Waals surface area (Å²) in [7, 11) is 0. The third-order valence-electron chi connectivity index (χ3n) is 5.66. The molecule has 0 bridgehead atoms. The molecule has 0 radical (unpaired) electrons. The Morgan fingerprint density at radius 1 is 0.914 bits per heavy atom. The van der Waals surface area contributed by atoms with Gasteiger partial charge < -0.3 is 10.2 Å². The van der Waals surface area contributed by atoms with Gasteiger partial charge in [0.15, 0.2) is 0 Å². The van der Waals surface area contributed by atoms with E-state index in [9.17, 15) is 14.0 Å². The summed E-state index contributed by atoms with van der Waals surface area (Å²) in [4.78, 5) is 28.3. The summed E-state index contributed by atoms with van der Waals surface area (Å²) in [6.07, 6.45) is 0.404. The van der Waals surface area contributed by atoms with Crippen molar-refractivity contribution >= 4 is 23.6 Å². The quantitative estimate of drug-likeness (QED) is 0.387. The Bertz CT molecular complexity index is 1100. The van der Waals surface area contributed by atoms with Crippen LogP contribution in [0, 0.1) is 19.7 Å². The highest BCUT2D eigenvalue weighted by Crippen LogP contribution is 2.20. The Hall–Kier alpha value is -3.12. The number of thioether (sulfide) groups is 1. The molecule has 1 unspecified atom stereocenters. The predicted octanol–water partition coefficient (Wildman–Crippen LogP) is 5.45. The first kappa shape index (κ1) is 26.5. The fourth-order valence-electron chi connectivity index (χ4n) is 4.12. The number of halogens is 1. The van der Waals surface area contributed by atoms with Crippen LogP contribution in [0.25, 0.3) is 0 Å². The van der Waals surface area contributed by atoms with E-state index in [0.717, 1.165) is 11.1 Å². The molecule has 3 rings (SSSR count). The van der Waals surface area contributed by atoms with Gasteiger partial charge in [-0.15, -0.1) is 11.8 Å². The number of rotatable bonds is 11. The summed E-state index contributed by atoms with van der Waals surface area (Å²) in [5.41, 5.74) is 5.33. The van der Waals surface area contributed by atoms with Gasteiger partial charge in [0, 0.05) is 25.3 Å². The zero-order chi connectivity index (χ0) is 25.2. The second-order valence-corrected chi connectivity index (χ2v) is 9.72. The third-order valence-corrected chi connectivity index (χ3v) is 6.65. The van der Waals surface area contributed by atoms with E-state index in [0.29, 0.717) is 18.7 Å². The van der Waals surface area contributed by atoms with Crippen molar-refractivity contribution in [2.45, 2.75) is 45.5 Å². The number of likely N-dealkylation sites (N-methyl/N-ethyl adjacent to an activating group) is 1. The lowest BCUT2D eigenvalue weighted by Crippen LogP contribution is -2.51. The molecule has 0 aromatic heterocycles. The second kappa shape index (κ2) is 13.1. The lowest BCUT2D eigenvalue weighted by Gasteiger charge is -2.31. The van der Waals surface area contributed by atoms with Crippen LogP contribution in [-0.2, 0) is 28.3 Å². The van der Waals surface area contributed by atoms with Gasteiger partial charge in [-0.25, -0.2) is 4.39 Å². The van der Waals surface area contributed by atoms with Crippen molar-refractivity contribution in [2.24, 2.45) is 0 Å². The minimum atomic E-state index is -0.670. The average molecular weight is 493 g/mol. The van der Waals surface area contributed by atoms with Gasteiger partial charge in [0.2, 0.25) is 11.8 Å². The molecule has 1 atom stereocenters. The molecule has 1 N–H and O–H groups in total. The summed E-state index contributed by atoms with van der Waals surface area (Å²) in [5.74, 6) is 0.324. The number of nitrogens with one attached hydrogen (secondary N) is 1. The molecular weight excluding hydrogens is 459 g/mol. The van der Waals surface area contributed by atoms with E-state index in [-0.39, 0.29) is 29.9 Å². The molecule has 2 amide bonds. The first-order chi connectivity index (χ1) is 16.9. The number of amides is 2. The Labute approximate surface area is 211 Å². The first-order valence-corrected chi connectivity index (χ1v) is 13.0. The number of carbonyl (C=O) groups is 2. The monoisotopic (exact) mass is 492 g/mol. The lowest BCUT2D eigenvalue weighted by molar-refractivity contribution is -0.139. The van der Waals surface area contributed by atoms with Gasteiger partial charge in [-0.3, -0.25) is 9.59 Å². The molecule has 3 aromatic rings. The van der Waals surface area contributed by atoms with Crippen LogP contribution in [0.2, 0.25) is 0 Å². The van der Waals surface area contributed by atoms with Gasteiger partial charge in [0.1, 0.15) is 11.9 Å². The van der Waals surface area contributed by atoms with Gasteiger partial charge in [0.05, 0.1) is 5.75 Å². The van der Waals surface area contributed by atoms with E-state index in [1.165, 1.54) is 40.6 Å². The maximum Gasteiger partial charge on any atom is 0.243 e. The molecular formula is C29H33FN2O2S. The Balaban J connectivity index is 1.82. The number of benzene rings is 3. The van der Waals surface area contributed by atoms with Crippen LogP contribution in [0.1, 0.15) is 34.7 Å². The molecule has 0 aliphatic carbocycles. The van der Waals surface area contributed by atoms with Crippen LogP contribution in [-0.4, -0.2) is 35.1 Å². The number of aryl methyl sites for hydroxylation is 2. The molecule has 0 fully saturated rings. The van der Waals surface area contributed by atoms with E-state index >= 15 is 0 Å². The van der Waals surface area contributed by atoms with E-state index in [1.54, 1.807) is 17.0 Å². The van der Waals surface area contributed by atoms with Gasteiger partial charge in [-0.1, -0.05) is 71.8 Å². The lowest BCUT2D eigenvalue weighted by atomic mass is 10.0. The van der Waals surface area contributed by atoms with E-state index < -0.39 is 6.04 Å². The smallest absolute Gasteiger partial charge is 0.243 e. The van der Waals surface area contributed by atoms with Gasteiger partial charge in [-0.05, 0) is 49.6 Å². The number of hydrogen-bond acceptors (Lipinski definition) is 3. The molecule has 0 heterocycles. The summed E-state index contributed by atoms with van der Waals surface area (Å²) in [5, 5.41) is 2.89. The van der Waals surface area contributed by atoms with Gasteiger partial charge in [-0.2, -0.15) is 0 Å². The molecule has 6 heteroatoms. The standard InChI is InChI=1S/C29H33FN2O2S/c1-4-31-29(34)27(17-23-8-6-5-7-9-23)32(18-24-10-12-26(30)13-11-24)28(33)20-35-19-25-15-21(2)14-22(3)16-25/h5-16,27H,4,17-20H2,1-3H3,(H,31,34). The Kier molecular flexibility index (Phi) is 9.91. The summed E-state index contributed by atoms with van der Waals surface area (Å²) in [6.45, 7) is 6.71. The highest BCUT2D eigenvalue weighted by Gasteiger charge is 2.30. The number of nitrogens with zero attached hydrogens (tertiary/aromatic N) is 1. The van der Waals surface area contributed by atoms with Gasteiger partial charge >= 0.3 is 0 Å². The highest BCUT2D eigenvalue weighted by molar-refractivity contribution is 7.99. The van der Waals surface area contributed by atoms with Crippen LogP contribution in [0.4, 0.5) is 4.39 Å². The maximum absolute atomic E-state index is 13.5. The largest absolute Gasteiger partial charge is 0.355 e. The molecule has 0 saturated heterocycles. The molecule has 35 heavy (non-hydrogen) atoms. The fraction of sp³-hybridized carbons (Fsp3) is 0.310. The SMILES string of the molecule is CCNC(=O)C(Cc1ccccc1)N(Cc1ccc(F)cc1)C(=O)CSCc1cc(C)cc(C)c1. The topological polar surface area (TPSA) is 49.4 Å². The maximum atomic E-state index is 13.5. The van der Waals surface area contributed by atoms with Crippen molar-refractivity contribution in [2.75, 3.05) is 12.3 Å². The van der Waals surface area contributed by atoms with Crippen molar-refractivity contribution < 1.29 is 14.0 Å². The molecule has 0 aliphatic heterocycles. The summed E-state index contributed by atoms with van der Waals surface area (Å²) >= 11 is 1.54. The zero-order valence-corrected chi connectivity index (χ0v) is 21.4. The molecule has 0 saturated carbocycles. The number of carbonyl (C=O) groups excluding carboxylic acids is 2. The molecule has 0 spiro atoms. The third kappa shape index (κ3) is 8.25. The normalized spacial score (nSPS) is 11.7. The Morgan fingerprint density at radius 3 is 2.20 bits per heavy atom. The molecule has 3 aromatic carbocycles. The first-order valence-electron chi connectivity index (χ1n) is 11.9. The average Bonchev–Trinajstić information content (AvgIpc) is 2.82. The minimum Gasteiger partial charge on any atom is -0.355 e. The van der Waals surface area contributed by atoms with Gasteiger partial charge in [0.25, 0.3) is 0 Å². The molecule has 4 nitrogen and oxygen atoms in total. The van der Waals surface area contributed by atoms with Crippen molar-refractivity contribution in [3.63, 3.8) is 0 Å². The van der Waals surface area contributed by atoms with Crippen LogP contribution in [0.5, 0.6) is 0 Å². The van der Waals surface area contributed by atoms with Crippen LogP contribution < -0.4 is 5.32 Å². The van der Waals surface area contributed by atoms with E-state index in [2.05, 4.69) is 37.4 Å². The van der Waals surface area contributed by atoms with Crippen molar-refractivity contribution in [1.29, 1.82) is 0 Å². The van der Waals surface area contributed by atoms with Crippen molar-refractivity contribution in [3.8, 4) is 0 Å². The van der Waals surface area contributed by atoms with Crippen LogP contribution in [0.15, 0.2) is 72.8 Å². The zero-order valence-electron chi connectivity index (χ0n) is 20.6. The van der Waals surface area contributed by atoms with E-state index in [4.69, 9.17) is 0 Å². The predicted molar refractivity (Wildman–Crippen MR) is 142 cm³/mol. The Morgan fingerprint density at radius 2 is 1.57 bits per heavy atom. The summed E-state index contributed by atoms with van der Waals surface area (Å²) in [6, 6.07) is 21.5. The molecule has 184 valence electrons. The number of hydrogen-bond donors (Lipinski definition) is 1. The van der Waals surface area contributed by atoms with Crippen LogP contribution >= 0.6 is 11.8 Å². The van der Waals surface area contributed by atoms with Crippen molar-refractivity contribution in [1.82, 2.24) is 10.2 Å². The summed E-state index contributed by atoms with van der Waals surface area (Å²) < 4.78 is 13.5. The minimum absolute atomic E-state index is 0.115. The second-order valence-electron chi connectivity index (χ2n) is 8.74.